The molecule has 0 unspecified atom stereocenters. The first-order chi connectivity index (χ1) is 9.24. The molecule has 19 heavy (non-hydrogen) atoms. The number of halogens is 1. The van der Waals surface area contributed by atoms with E-state index in [4.69, 9.17) is 11.6 Å². The fraction of sp³-hybridized carbons (Fsp3) is 0.250. The summed E-state index contributed by atoms with van der Waals surface area (Å²) in [6.07, 6.45) is 2.89. The van der Waals surface area contributed by atoms with Crippen LogP contribution >= 0.6 is 11.6 Å². The van der Waals surface area contributed by atoms with Crippen molar-refractivity contribution in [3.8, 4) is 0 Å². The van der Waals surface area contributed by atoms with Crippen molar-refractivity contribution < 1.29 is 0 Å². The Morgan fingerprint density at radius 1 is 1.42 bits per heavy atom. The number of aromatic amines is 1. The number of aryl methyl sites for hydroxylation is 1. The number of hydrogen-bond donors (Lipinski definition) is 2. The van der Waals surface area contributed by atoms with Crippen molar-refractivity contribution in [1.82, 2.24) is 25.2 Å². The van der Waals surface area contributed by atoms with Crippen LogP contribution in [0.5, 0.6) is 0 Å². The predicted molar refractivity (Wildman–Crippen MR) is 74.3 cm³/mol. The maximum atomic E-state index is 5.96. The first-order valence-electron chi connectivity index (χ1n) is 5.96. The molecule has 0 atom stereocenters. The van der Waals surface area contributed by atoms with Crippen LogP contribution in [0.15, 0.2) is 24.4 Å². The number of fused-ring (bicyclic) bond motifs is 1. The smallest absolute Gasteiger partial charge is 0.242 e. The standard InChI is InChI=1S/C12H13ClN6/c1-19-12(16-17-18-19)14-5-4-8-7-15-11-6-9(13)2-3-10(8)11/h2-3,6-7,15H,4-5H2,1H3,(H,14,16,18). The summed E-state index contributed by atoms with van der Waals surface area (Å²) >= 11 is 5.96. The molecule has 0 radical (unpaired) electrons. The van der Waals surface area contributed by atoms with Crippen LogP contribution in [0.2, 0.25) is 5.02 Å². The van der Waals surface area contributed by atoms with Gasteiger partial charge in [-0.05, 0) is 34.5 Å². The number of nitrogens with zero attached hydrogens (tertiary/aromatic N) is 4. The molecule has 0 aliphatic heterocycles. The summed E-state index contributed by atoms with van der Waals surface area (Å²) in [5.74, 6) is 0.669. The quantitative estimate of drug-likeness (QED) is 0.765. The first kappa shape index (κ1) is 12.0. The summed E-state index contributed by atoms with van der Waals surface area (Å²) in [4.78, 5) is 3.23. The summed E-state index contributed by atoms with van der Waals surface area (Å²) in [7, 11) is 1.80. The lowest BCUT2D eigenvalue weighted by Crippen LogP contribution is -2.09. The van der Waals surface area contributed by atoms with Crippen LogP contribution in [0.1, 0.15) is 5.56 Å². The summed E-state index contributed by atoms with van der Waals surface area (Å²) in [5.41, 5.74) is 2.30. The van der Waals surface area contributed by atoms with Gasteiger partial charge in [-0.1, -0.05) is 22.8 Å². The Hall–Kier alpha value is -2.08. The second-order valence-corrected chi connectivity index (χ2v) is 4.74. The zero-order valence-electron chi connectivity index (χ0n) is 10.4. The number of aromatic nitrogens is 5. The van der Waals surface area contributed by atoms with Crippen molar-refractivity contribution in [3.05, 3.63) is 35.0 Å². The zero-order chi connectivity index (χ0) is 13.2. The van der Waals surface area contributed by atoms with Gasteiger partial charge in [0.25, 0.3) is 0 Å². The van der Waals surface area contributed by atoms with Crippen LogP contribution in [-0.4, -0.2) is 31.7 Å². The van der Waals surface area contributed by atoms with Gasteiger partial charge in [0.05, 0.1) is 0 Å². The topological polar surface area (TPSA) is 71.4 Å². The number of tetrazole rings is 1. The van der Waals surface area contributed by atoms with Gasteiger partial charge in [-0.15, -0.1) is 0 Å². The minimum absolute atomic E-state index is 0.669. The average molecular weight is 277 g/mol. The van der Waals surface area contributed by atoms with Crippen molar-refractivity contribution in [2.45, 2.75) is 6.42 Å². The van der Waals surface area contributed by atoms with Gasteiger partial charge in [-0.3, -0.25) is 0 Å². The van der Waals surface area contributed by atoms with Crippen molar-refractivity contribution >= 4 is 28.5 Å². The van der Waals surface area contributed by atoms with E-state index in [9.17, 15) is 0 Å². The van der Waals surface area contributed by atoms with E-state index in [1.54, 1.807) is 11.7 Å². The van der Waals surface area contributed by atoms with E-state index in [0.29, 0.717) is 5.95 Å². The second kappa shape index (κ2) is 4.89. The molecule has 1 aromatic carbocycles. The van der Waals surface area contributed by atoms with Gasteiger partial charge in [-0.25, -0.2) is 4.68 Å². The third-order valence-electron chi connectivity index (χ3n) is 3.03. The van der Waals surface area contributed by atoms with Gasteiger partial charge in [-0.2, -0.15) is 0 Å². The molecule has 0 bridgehead atoms. The van der Waals surface area contributed by atoms with Crippen LogP contribution in [0.3, 0.4) is 0 Å². The van der Waals surface area contributed by atoms with Gasteiger partial charge < -0.3 is 10.3 Å². The molecule has 98 valence electrons. The minimum atomic E-state index is 0.669. The largest absolute Gasteiger partial charge is 0.361 e. The van der Waals surface area contributed by atoms with E-state index in [1.165, 1.54) is 10.9 Å². The van der Waals surface area contributed by atoms with Gasteiger partial charge >= 0.3 is 0 Å². The predicted octanol–water partition coefficient (Wildman–Crippen LogP) is 2.00. The normalized spacial score (nSPS) is 11.1. The van der Waals surface area contributed by atoms with Crippen LogP contribution in [0.4, 0.5) is 5.95 Å². The lowest BCUT2D eigenvalue weighted by atomic mass is 10.1. The molecule has 0 saturated heterocycles. The molecule has 0 spiro atoms. The number of nitrogens with one attached hydrogen (secondary N) is 2. The monoisotopic (exact) mass is 276 g/mol. The van der Waals surface area contributed by atoms with Crippen molar-refractivity contribution in [2.24, 2.45) is 7.05 Å². The molecule has 0 amide bonds. The van der Waals surface area contributed by atoms with E-state index in [1.807, 2.05) is 24.4 Å². The molecule has 0 aliphatic carbocycles. The summed E-state index contributed by atoms with van der Waals surface area (Å²) in [6.45, 7) is 0.768. The molecule has 7 heteroatoms. The number of anilines is 1. The summed E-state index contributed by atoms with van der Waals surface area (Å²) < 4.78 is 1.61. The molecule has 2 N–H and O–H groups in total. The average Bonchev–Trinajstić information content (AvgIpc) is 2.97. The Bertz CT molecular complexity index is 701. The van der Waals surface area contributed by atoms with E-state index < -0.39 is 0 Å². The Morgan fingerprint density at radius 3 is 3.11 bits per heavy atom. The van der Waals surface area contributed by atoms with E-state index in [0.717, 1.165) is 23.5 Å². The fourth-order valence-electron chi connectivity index (χ4n) is 2.05. The Morgan fingerprint density at radius 2 is 2.32 bits per heavy atom. The van der Waals surface area contributed by atoms with Gasteiger partial charge in [0.1, 0.15) is 0 Å². The zero-order valence-corrected chi connectivity index (χ0v) is 11.1. The van der Waals surface area contributed by atoms with E-state index >= 15 is 0 Å². The number of rotatable bonds is 4. The van der Waals surface area contributed by atoms with Crippen molar-refractivity contribution in [3.63, 3.8) is 0 Å². The molecule has 6 nitrogen and oxygen atoms in total. The van der Waals surface area contributed by atoms with Gasteiger partial charge in [0, 0.05) is 35.7 Å². The van der Waals surface area contributed by atoms with Crippen LogP contribution in [-0.2, 0) is 13.5 Å². The second-order valence-electron chi connectivity index (χ2n) is 4.31. The number of H-pyrrole nitrogens is 1. The molecule has 3 aromatic rings. The van der Waals surface area contributed by atoms with Crippen molar-refractivity contribution in [2.75, 3.05) is 11.9 Å². The molecule has 0 aliphatic rings. The highest BCUT2D eigenvalue weighted by Crippen LogP contribution is 2.22. The highest BCUT2D eigenvalue weighted by atomic mass is 35.5. The van der Waals surface area contributed by atoms with Crippen LogP contribution < -0.4 is 5.32 Å². The maximum Gasteiger partial charge on any atom is 0.242 e. The molecule has 2 heterocycles. The molecule has 3 rings (SSSR count). The van der Waals surface area contributed by atoms with Gasteiger partial charge in [0.2, 0.25) is 5.95 Å². The van der Waals surface area contributed by atoms with Crippen molar-refractivity contribution in [1.29, 1.82) is 0 Å². The Labute approximate surface area is 114 Å². The third-order valence-corrected chi connectivity index (χ3v) is 3.26. The van der Waals surface area contributed by atoms with E-state index in [-0.39, 0.29) is 0 Å². The third kappa shape index (κ3) is 2.39. The minimum Gasteiger partial charge on any atom is -0.361 e. The summed E-state index contributed by atoms with van der Waals surface area (Å²) in [6, 6.07) is 5.87. The molecule has 2 aromatic heterocycles. The van der Waals surface area contributed by atoms with Gasteiger partial charge in [0.15, 0.2) is 0 Å². The highest BCUT2D eigenvalue weighted by Gasteiger charge is 2.05. The van der Waals surface area contributed by atoms with E-state index in [2.05, 4.69) is 25.8 Å². The molecule has 0 saturated carbocycles. The van der Waals surface area contributed by atoms with Crippen LogP contribution in [0.25, 0.3) is 10.9 Å². The summed E-state index contributed by atoms with van der Waals surface area (Å²) in [5, 5.41) is 16.3. The number of benzene rings is 1. The highest BCUT2D eigenvalue weighted by molar-refractivity contribution is 6.31. The molecule has 0 fully saturated rings. The lowest BCUT2D eigenvalue weighted by molar-refractivity contribution is 0.712. The lowest BCUT2D eigenvalue weighted by Gasteiger charge is -2.03. The number of hydrogen-bond acceptors (Lipinski definition) is 4. The Balaban J connectivity index is 1.70. The molecular formula is C12H13ClN6. The molecular weight excluding hydrogens is 264 g/mol. The maximum absolute atomic E-state index is 5.96. The fourth-order valence-corrected chi connectivity index (χ4v) is 2.23. The Kier molecular flexibility index (Phi) is 3.08. The SMILES string of the molecule is Cn1nnnc1NCCc1c[nH]c2cc(Cl)ccc12. The first-order valence-corrected chi connectivity index (χ1v) is 6.33. The van der Waals surface area contributed by atoms with Crippen LogP contribution in [0, 0.1) is 0 Å².